The van der Waals surface area contributed by atoms with Crippen LogP contribution in [0.2, 0.25) is 0 Å². The smallest absolute Gasteiger partial charge is 0.226 e. The van der Waals surface area contributed by atoms with E-state index >= 15 is 0 Å². The Morgan fingerprint density at radius 3 is 2.67 bits per heavy atom. The average Bonchev–Trinajstić information content (AvgIpc) is 3.28. The highest BCUT2D eigenvalue weighted by atomic mass is 127. The summed E-state index contributed by atoms with van der Waals surface area (Å²) in [4.78, 5) is 8.78. The Balaban J connectivity index is 0.00000208. The van der Waals surface area contributed by atoms with E-state index in [2.05, 4.69) is 39.7 Å². The number of nitrogens with zero attached hydrogens (tertiary/aromatic N) is 2. The van der Waals surface area contributed by atoms with Crippen molar-refractivity contribution in [2.45, 2.75) is 26.2 Å². The Morgan fingerprint density at radius 1 is 1.25 bits per heavy atom. The Kier molecular flexibility index (Phi) is 7.08. The van der Waals surface area contributed by atoms with Crippen LogP contribution in [0.5, 0.6) is 0 Å². The molecule has 3 rings (SSSR count). The predicted molar refractivity (Wildman–Crippen MR) is 108 cm³/mol. The molecule has 1 aliphatic carbocycles. The summed E-state index contributed by atoms with van der Waals surface area (Å²) in [5.41, 5.74) is 3.19. The Bertz CT molecular complexity index is 662. The third kappa shape index (κ3) is 5.51. The number of benzene rings is 1. The first-order chi connectivity index (χ1) is 11.2. The second-order valence-corrected chi connectivity index (χ2v) is 6.08. The first-order valence-electron chi connectivity index (χ1n) is 8.20. The van der Waals surface area contributed by atoms with Gasteiger partial charge in [-0.3, -0.25) is 4.99 Å². The predicted octanol–water partition coefficient (Wildman–Crippen LogP) is 3.39. The molecule has 1 aromatic carbocycles. The van der Waals surface area contributed by atoms with Gasteiger partial charge in [-0.05, 0) is 37.8 Å². The molecule has 2 aromatic rings. The Hall–Kier alpha value is -1.57. The summed E-state index contributed by atoms with van der Waals surface area (Å²) in [6, 6.07) is 8.20. The first-order valence-corrected chi connectivity index (χ1v) is 8.20. The number of aryl methyl sites for hydroxylation is 1. The molecule has 1 heterocycles. The number of oxazole rings is 1. The first kappa shape index (κ1) is 18.8. The maximum atomic E-state index is 5.58. The molecule has 0 atom stereocenters. The summed E-state index contributed by atoms with van der Waals surface area (Å²) >= 11 is 0. The fourth-order valence-electron chi connectivity index (χ4n) is 2.34. The third-order valence-electron chi connectivity index (χ3n) is 4.00. The molecule has 0 radical (unpaired) electrons. The van der Waals surface area contributed by atoms with Crippen molar-refractivity contribution >= 4 is 29.9 Å². The molecule has 1 saturated carbocycles. The average molecular weight is 440 g/mol. The zero-order chi connectivity index (χ0) is 16.1. The van der Waals surface area contributed by atoms with Crippen LogP contribution in [-0.4, -0.2) is 31.1 Å². The second kappa shape index (κ2) is 9.05. The normalized spacial score (nSPS) is 14.2. The van der Waals surface area contributed by atoms with E-state index in [1.807, 2.05) is 12.1 Å². The van der Waals surface area contributed by atoms with Crippen LogP contribution >= 0.6 is 24.0 Å². The van der Waals surface area contributed by atoms with Gasteiger partial charge in [0, 0.05) is 32.1 Å². The highest BCUT2D eigenvalue weighted by molar-refractivity contribution is 14.0. The van der Waals surface area contributed by atoms with Gasteiger partial charge in [0.2, 0.25) is 5.89 Å². The molecule has 1 fully saturated rings. The summed E-state index contributed by atoms with van der Waals surface area (Å²) in [5, 5.41) is 6.66. The summed E-state index contributed by atoms with van der Waals surface area (Å²) in [7, 11) is 1.80. The van der Waals surface area contributed by atoms with E-state index in [4.69, 9.17) is 4.42 Å². The number of nitrogens with one attached hydrogen (secondary N) is 2. The number of hydrogen-bond donors (Lipinski definition) is 2. The van der Waals surface area contributed by atoms with Crippen LogP contribution < -0.4 is 10.6 Å². The van der Waals surface area contributed by atoms with E-state index in [0.29, 0.717) is 5.89 Å². The van der Waals surface area contributed by atoms with Crippen molar-refractivity contribution in [3.05, 3.63) is 41.8 Å². The van der Waals surface area contributed by atoms with Gasteiger partial charge in [0.15, 0.2) is 5.96 Å². The van der Waals surface area contributed by atoms with Gasteiger partial charge in [-0.1, -0.05) is 17.7 Å². The molecule has 0 amide bonds. The minimum Gasteiger partial charge on any atom is -0.444 e. The summed E-state index contributed by atoms with van der Waals surface area (Å²) in [5.74, 6) is 2.37. The zero-order valence-corrected chi connectivity index (χ0v) is 16.5. The van der Waals surface area contributed by atoms with Crippen molar-refractivity contribution in [2.75, 3.05) is 20.1 Å². The lowest BCUT2D eigenvalue weighted by Gasteiger charge is -2.10. The highest BCUT2D eigenvalue weighted by Gasteiger charge is 2.20. The van der Waals surface area contributed by atoms with Gasteiger partial charge < -0.3 is 15.1 Å². The largest absolute Gasteiger partial charge is 0.444 e. The lowest BCUT2D eigenvalue weighted by atomic mass is 10.1. The number of aliphatic imine (C=N–C) groups is 1. The molecule has 0 aliphatic heterocycles. The lowest BCUT2D eigenvalue weighted by molar-refractivity contribution is 0.572. The maximum absolute atomic E-state index is 5.58. The molecule has 0 spiro atoms. The SMILES string of the molecule is CN=C(NCCc1coc(-c2ccc(C)cc2)n1)NCC1CC1.I. The monoisotopic (exact) mass is 440 g/mol. The highest BCUT2D eigenvalue weighted by Crippen LogP contribution is 2.27. The second-order valence-electron chi connectivity index (χ2n) is 6.08. The van der Waals surface area contributed by atoms with E-state index < -0.39 is 0 Å². The quantitative estimate of drug-likeness (QED) is 0.411. The van der Waals surface area contributed by atoms with E-state index in [1.54, 1.807) is 13.3 Å². The van der Waals surface area contributed by atoms with Gasteiger partial charge >= 0.3 is 0 Å². The molecule has 5 nitrogen and oxygen atoms in total. The van der Waals surface area contributed by atoms with Crippen molar-refractivity contribution in [3.63, 3.8) is 0 Å². The number of aromatic nitrogens is 1. The van der Waals surface area contributed by atoms with Crippen LogP contribution in [0.1, 0.15) is 24.1 Å². The van der Waals surface area contributed by atoms with Gasteiger partial charge in [-0.25, -0.2) is 4.98 Å². The molecule has 24 heavy (non-hydrogen) atoms. The lowest BCUT2D eigenvalue weighted by Crippen LogP contribution is -2.39. The van der Waals surface area contributed by atoms with Crippen LogP contribution in [-0.2, 0) is 6.42 Å². The van der Waals surface area contributed by atoms with Crippen molar-refractivity contribution in [1.82, 2.24) is 15.6 Å². The number of rotatable bonds is 6. The molecule has 1 aromatic heterocycles. The van der Waals surface area contributed by atoms with Gasteiger partial charge in [-0.15, -0.1) is 24.0 Å². The summed E-state index contributed by atoms with van der Waals surface area (Å²) < 4.78 is 5.58. The minimum absolute atomic E-state index is 0. The topological polar surface area (TPSA) is 62.5 Å². The van der Waals surface area contributed by atoms with Gasteiger partial charge in [0.1, 0.15) is 6.26 Å². The molecule has 130 valence electrons. The van der Waals surface area contributed by atoms with Gasteiger partial charge in [-0.2, -0.15) is 0 Å². The van der Waals surface area contributed by atoms with Crippen molar-refractivity contribution in [2.24, 2.45) is 10.9 Å². The standard InChI is InChI=1S/C18H24N4O.HI/c1-13-3-7-15(8-4-13)17-22-16(12-23-17)9-10-20-18(19-2)21-11-14-5-6-14;/h3-4,7-8,12,14H,5-6,9-11H2,1-2H3,(H2,19,20,21);1H. The third-order valence-corrected chi connectivity index (χ3v) is 4.00. The molecule has 2 N–H and O–H groups in total. The molecular weight excluding hydrogens is 415 g/mol. The van der Waals surface area contributed by atoms with Crippen molar-refractivity contribution in [3.8, 4) is 11.5 Å². The molecule has 0 unspecified atom stereocenters. The van der Waals surface area contributed by atoms with Crippen LogP contribution in [0.25, 0.3) is 11.5 Å². The molecule has 6 heteroatoms. The summed E-state index contributed by atoms with van der Waals surface area (Å²) in [6.45, 7) is 3.87. The van der Waals surface area contributed by atoms with Gasteiger partial charge in [0.25, 0.3) is 0 Å². The van der Waals surface area contributed by atoms with Gasteiger partial charge in [0.05, 0.1) is 5.69 Å². The maximum Gasteiger partial charge on any atom is 0.226 e. The molecular formula is C18H25IN4O. The van der Waals surface area contributed by atoms with E-state index in [0.717, 1.165) is 42.6 Å². The van der Waals surface area contributed by atoms with Crippen LogP contribution in [0, 0.1) is 12.8 Å². The molecule has 1 aliphatic rings. The number of hydrogen-bond acceptors (Lipinski definition) is 3. The van der Waals surface area contributed by atoms with E-state index in [1.165, 1.54) is 18.4 Å². The zero-order valence-electron chi connectivity index (χ0n) is 14.2. The molecule has 0 saturated heterocycles. The van der Waals surface area contributed by atoms with Crippen LogP contribution in [0.4, 0.5) is 0 Å². The molecule has 0 bridgehead atoms. The van der Waals surface area contributed by atoms with E-state index in [-0.39, 0.29) is 24.0 Å². The number of halogens is 1. The minimum atomic E-state index is 0. The Morgan fingerprint density at radius 2 is 2.00 bits per heavy atom. The van der Waals surface area contributed by atoms with Crippen LogP contribution in [0.15, 0.2) is 39.9 Å². The fourth-order valence-corrected chi connectivity index (χ4v) is 2.34. The Labute approximate surface area is 160 Å². The fraction of sp³-hybridized carbons (Fsp3) is 0.444. The summed E-state index contributed by atoms with van der Waals surface area (Å²) in [6.07, 6.45) is 5.21. The van der Waals surface area contributed by atoms with Crippen LogP contribution in [0.3, 0.4) is 0 Å². The van der Waals surface area contributed by atoms with Crippen molar-refractivity contribution in [1.29, 1.82) is 0 Å². The number of guanidine groups is 1. The van der Waals surface area contributed by atoms with Crippen molar-refractivity contribution < 1.29 is 4.42 Å². The van der Waals surface area contributed by atoms with E-state index in [9.17, 15) is 0 Å².